The number of anilines is 2. The van der Waals surface area contributed by atoms with Crippen LogP contribution in [0.1, 0.15) is 39.4 Å². The average Bonchev–Trinajstić information content (AvgIpc) is 2.54. The smallest absolute Gasteiger partial charge is 0.148 e. The predicted molar refractivity (Wildman–Crippen MR) is 77.8 cm³/mol. The molecule has 1 unspecified atom stereocenters. The molecule has 4 nitrogen and oxygen atoms in total. The highest BCUT2D eigenvalue weighted by atomic mass is 32.2. The molecule has 0 aliphatic carbocycles. The van der Waals surface area contributed by atoms with Crippen molar-refractivity contribution in [1.29, 1.82) is 0 Å². The quantitative estimate of drug-likeness (QED) is 0.821. The summed E-state index contributed by atoms with van der Waals surface area (Å²) < 4.78 is 1.97. The molecule has 0 radical (unpaired) electrons. The molecule has 0 aliphatic rings. The second kappa shape index (κ2) is 6.19. The molecule has 0 aromatic carbocycles. The van der Waals surface area contributed by atoms with Crippen LogP contribution in [0, 0.1) is 6.92 Å². The minimum atomic E-state index is 0.319. The molecule has 1 rings (SSSR count). The Kier molecular flexibility index (Phi) is 5.18. The fourth-order valence-corrected chi connectivity index (χ4v) is 2.32. The normalized spacial score (nSPS) is 13.1. The summed E-state index contributed by atoms with van der Waals surface area (Å²) in [6.07, 6.45) is 0. The van der Waals surface area contributed by atoms with E-state index in [1.54, 1.807) is 0 Å². The average molecular weight is 256 g/mol. The van der Waals surface area contributed by atoms with E-state index in [2.05, 4.69) is 38.1 Å². The minimum Gasteiger partial charge on any atom is -0.394 e. The standard InChI is InChI=1S/C12H24N4S/c1-6-17-7-9(4)14-12-11(13)10(5)15-16(12)8(2)3/h8-9,14H,6-7,13H2,1-5H3. The molecule has 0 spiro atoms. The highest BCUT2D eigenvalue weighted by molar-refractivity contribution is 7.99. The molecule has 98 valence electrons. The highest BCUT2D eigenvalue weighted by Crippen LogP contribution is 2.26. The number of nitrogens with zero attached hydrogens (tertiary/aromatic N) is 2. The van der Waals surface area contributed by atoms with Gasteiger partial charge in [0.05, 0.1) is 11.4 Å². The summed E-state index contributed by atoms with van der Waals surface area (Å²) in [6, 6.07) is 0.718. The summed E-state index contributed by atoms with van der Waals surface area (Å²) in [6.45, 7) is 10.5. The first-order chi connectivity index (χ1) is 7.97. The van der Waals surface area contributed by atoms with Gasteiger partial charge in [0.1, 0.15) is 5.82 Å². The molecule has 3 N–H and O–H groups in total. The van der Waals surface area contributed by atoms with Crippen LogP contribution in [-0.4, -0.2) is 27.3 Å². The van der Waals surface area contributed by atoms with E-state index in [-0.39, 0.29) is 0 Å². The van der Waals surface area contributed by atoms with Crippen LogP contribution in [0.5, 0.6) is 0 Å². The van der Waals surface area contributed by atoms with Gasteiger partial charge in [0.15, 0.2) is 0 Å². The molecule has 5 heteroatoms. The fourth-order valence-electron chi connectivity index (χ4n) is 1.65. The molecule has 1 aromatic heterocycles. The Bertz CT molecular complexity index is 360. The van der Waals surface area contributed by atoms with E-state index in [4.69, 9.17) is 5.73 Å². The van der Waals surface area contributed by atoms with Gasteiger partial charge in [-0.2, -0.15) is 16.9 Å². The molecule has 0 amide bonds. The maximum Gasteiger partial charge on any atom is 0.148 e. The van der Waals surface area contributed by atoms with Gasteiger partial charge in [0.2, 0.25) is 0 Å². The van der Waals surface area contributed by atoms with Gasteiger partial charge in [0, 0.05) is 17.8 Å². The lowest BCUT2D eigenvalue weighted by Crippen LogP contribution is -2.22. The van der Waals surface area contributed by atoms with E-state index in [1.807, 2.05) is 23.4 Å². The Morgan fingerprint density at radius 2 is 2.06 bits per heavy atom. The number of nitrogen functional groups attached to an aromatic ring is 1. The first-order valence-electron chi connectivity index (χ1n) is 6.16. The molecule has 0 saturated heterocycles. The van der Waals surface area contributed by atoms with Gasteiger partial charge in [-0.15, -0.1) is 0 Å². The van der Waals surface area contributed by atoms with Crippen molar-refractivity contribution in [2.45, 2.75) is 46.7 Å². The van der Waals surface area contributed by atoms with Crippen molar-refractivity contribution in [3.8, 4) is 0 Å². The largest absolute Gasteiger partial charge is 0.394 e. The highest BCUT2D eigenvalue weighted by Gasteiger charge is 2.16. The van der Waals surface area contributed by atoms with Crippen molar-refractivity contribution in [3.63, 3.8) is 0 Å². The van der Waals surface area contributed by atoms with Crippen molar-refractivity contribution >= 4 is 23.3 Å². The molecule has 1 aromatic rings. The molecule has 0 saturated carbocycles. The fraction of sp³-hybridized carbons (Fsp3) is 0.750. The van der Waals surface area contributed by atoms with Crippen molar-refractivity contribution in [1.82, 2.24) is 9.78 Å². The van der Waals surface area contributed by atoms with Gasteiger partial charge < -0.3 is 11.1 Å². The van der Waals surface area contributed by atoms with Gasteiger partial charge in [-0.3, -0.25) is 0 Å². The third-order valence-corrected chi connectivity index (χ3v) is 3.72. The van der Waals surface area contributed by atoms with Crippen LogP contribution < -0.4 is 11.1 Å². The summed E-state index contributed by atoms with van der Waals surface area (Å²) in [7, 11) is 0. The number of hydrogen-bond acceptors (Lipinski definition) is 4. The number of hydrogen-bond donors (Lipinski definition) is 2. The maximum absolute atomic E-state index is 6.07. The number of nitrogens with two attached hydrogens (primary N) is 1. The van der Waals surface area contributed by atoms with Crippen LogP contribution in [-0.2, 0) is 0 Å². The Labute approximate surface area is 108 Å². The van der Waals surface area contributed by atoms with Crippen molar-refractivity contribution < 1.29 is 0 Å². The molecule has 0 bridgehead atoms. The molecule has 0 fully saturated rings. The summed E-state index contributed by atoms with van der Waals surface area (Å²) in [5, 5.41) is 7.94. The van der Waals surface area contributed by atoms with Crippen LogP contribution in [0.3, 0.4) is 0 Å². The number of nitrogens with one attached hydrogen (secondary N) is 1. The molecular formula is C12H24N4S. The zero-order chi connectivity index (χ0) is 13.0. The monoisotopic (exact) mass is 256 g/mol. The minimum absolute atomic E-state index is 0.319. The SMILES string of the molecule is CCSCC(C)Nc1c(N)c(C)nn1C(C)C. The van der Waals surface area contributed by atoms with Crippen LogP contribution >= 0.6 is 11.8 Å². The van der Waals surface area contributed by atoms with E-state index in [1.165, 1.54) is 0 Å². The van der Waals surface area contributed by atoms with Gasteiger partial charge in [-0.05, 0) is 33.4 Å². The Morgan fingerprint density at radius 1 is 1.41 bits per heavy atom. The lowest BCUT2D eigenvalue weighted by Gasteiger charge is -2.18. The predicted octanol–water partition coefficient (Wildman–Crippen LogP) is 2.91. The van der Waals surface area contributed by atoms with Crippen molar-refractivity contribution in [2.75, 3.05) is 22.6 Å². The molecule has 1 heterocycles. The summed E-state index contributed by atoms with van der Waals surface area (Å²) in [5.41, 5.74) is 7.74. The lowest BCUT2D eigenvalue weighted by atomic mass is 10.3. The van der Waals surface area contributed by atoms with Gasteiger partial charge >= 0.3 is 0 Å². The van der Waals surface area contributed by atoms with Crippen LogP contribution in [0.4, 0.5) is 11.5 Å². The van der Waals surface area contributed by atoms with Crippen molar-refractivity contribution in [2.24, 2.45) is 0 Å². The molecule has 17 heavy (non-hydrogen) atoms. The Balaban J connectivity index is 2.81. The third-order valence-electron chi connectivity index (χ3n) is 2.58. The van der Waals surface area contributed by atoms with E-state index < -0.39 is 0 Å². The second-order valence-corrected chi connectivity index (χ2v) is 5.91. The van der Waals surface area contributed by atoms with Crippen molar-refractivity contribution in [3.05, 3.63) is 5.69 Å². The van der Waals surface area contributed by atoms with E-state index >= 15 is 0 Å². The first kappa shape index (κ1) is 14.2. The number of aromatic nitrogens is 2. The van der Waals surface area contributed by atoms with Crippen LogP contribution in [0.25, 0.3) is 0 Å². The number of aryl methyl sites for hydroxylation is 1. The second-order valence-electron chi connectivity index (χ2n) is 4.59. The zero-order valence-corrected chi connectivity index (χ0v) is 12.3. The summed E-state index contributed by atoms with van der Waals surface area (Å²) in [4.78, 5) is 0. The first-order valence-corrected chi connectivity index (χ1v) is 7.31. The molecule has 0 aliphatic heterocycles. The molecule has 1 atom stereocenters. The number of rotatable bonds is 6. The maximum atomic E-state index is 6.07. The van der Waals surface area contributed by atoms with Crippen LogP contribution in [0.2, 0.25) is 0 Å². The van der Waals surface area contributed by atoms with E-state index in [9.17, 15) is 0 Å². The summed E-state index contributed by atoms with van der Waals surface area (Å²) in [5.74, 6) is 3.18. The lowest BCUT2D eigenvalue weighted by molar-refractivity contribution is 0.532. The molecular weight excluding hydrogens is 232 g/mol. The van der Waals surface area contributed by atoms with E-state index in [0.29, 0.717) is 12.1 Å². The van der Waals surface area contributed by atoms with Gasteiger partial charge in [-0.25, -0.2) is 4.68 Å². The Hall–Kier alpha value is -0.840. The van der Waals surface area contributed by atoms with Gasteiger partial charge in [-0.1, -0.05) is 6.92 Å². The van der Waals surface area contributed by atoms with Crippen LogP contribution in [0.15, 0.2) is 0 Å². The third kappa shape index (κ3) is 3.56. The van der Waals surface area contributed by atoms with E-state index in [0.717, 1.165) is 28.7 Å². The summed E-state index contributed by atoms with van der Waals surface area (Å²) >= 11 is 1.93. The zero-order valence-electron chi connectivity index (χ0n) is 11.4. The topological polar surface area (TPSA) is 55.9 Å². The Morgan fingerprint density at radius 3 is 2.59 bits per heavy atom. The number of thioether (sulfide) groups is 1. The van der Waals surface area contributed by atoms with Gasteiger partial charge in [0.25, 0.3) is 0 Å².